The number of rotatable bonds is 2. The van der Waals surface area contributed by atoms with Gasteiger partial charge in [-0.15, -0.1) is 0 Å². The van der Waals surface area contributed by atoms with E-state index >= 15 is 0 Å². The maximum absolute atomic E-state index is 11.1. The Bertz CT molecular complexity index is 532. The van der Waals surface area contributed by atoms with Gasteiger partial charge in [-0.05, 0) is 31.3 Å². The summed E-state index contributed by atoms with van der Waals surface area (Å²) >= 11 is 0. The van der Waals surface area contributed by atoms with Gasteiger partial charge in [-0.3, -0.25) is 0 Å². The number of hydrogen-bond acceptors (Lipinski definition) is 4. The van der Waals surface area contributed by atoms with Crippen LogP contribution in [-0.2, 0) is 4.79 Å². The van der Waals surface area contributed by atoms with Gasteiger partial charge in [0.05, 0.1) is 6.04 Å². The van der Waals surface area contributed by atoms with Crippen molar-refractivity contribution in [2.24, 2.45) is 5.92 Å². The Morgan fingerprint density at radius 1 is 1.50 bits per heavy atom. The SMILES string of the molecule is O=C(O)C1=C[C@H]([C@H]2CC=CCC2)n2ncnc2N1. The fourth-order valence-electron chi connectivity index (χ4n) is 2.55. The molecule has 1 aromatic heterocycles. The molecule has 6 heteroatoms. The molecule has 1 aliphatic heterocycles. The molecule has 2 aliphatic rings. The predicted molar refractivity (Wildman–Crippen MR) is 64.9 cm³/mol. The minimum Gasteiger partial charge on any atom is -0.477 e. The van der Waals surface area contributed by atoms with Gasteiger partial charge in [-0.1, -0.05) is 12.2 Å². The first kappa shape index (κ1) is 11.0. The summed E-state index contributed by atoms with van der Waals surface area (Å²) in [4.78, 5) is 15.2. The van der Waals surface area contributed by atoms with Gasteiger partial charge in [0.1, 0.15) is 12.0 Å². The zero-order chi connectivity index (χ0) is 12.5. The number of allylic oxidation sites excluding steroid dienone is 3. The molecular formula is C12H14N4O2. The number of hydrogen-bond donors (Lipinski definition) is 2. The third-order valence-electron chi connectivity index (χ3n) is 3.46. The van der Waals surface area contributed by atoms with Crippen LogP contribution in [-0.4, -0.2) is 25.8 Å². The number of nitrogens with one attached hydrogen (secondary N) is 1. The zero-order valence-electron chi connectivity index (χ0n) is 9.78. The van der Waals surface area contributed by atoms with Crippen molar-refractivity contribution in [3.8, 4) is 0 Å². The molecule has 0 saturated heterocycles. The molecule has 0 unspecified atom stereocenters. The van der Waals surface area contributed by atoms with Gasteiger partial charge in [0, 0.05) is 0 Å². The van der Waals surface area contributed by atoms with Crippen LogP contribution in [0, 0.1) is 5.92 Å². The first-order valence-electron chi connectivity index (χ1n) is 6.02. The summed E-state index contributed by atoms with van der Waals surface area (Å²) in [6.07, 6.45) is 10.6. The molecule has 0 amide bonds. The summed E-state index contributed by atoms with van der Waals surface area (Å²) in [6, 6.07) is -0.0280. The number of carboxylic acids is 1. The van der Waals surface area contributed by atoms with Crippen LogP contribution in [0.3, 0.4) is 0 Å². The van der Waals surface area contributed by atoms with Crippen LogP contribution in [0.5, 0.6) is 0 Å². The van der Waals surface area contributed by atoms with Crippen LogP contribution in [0.15, 0.2) is 30.3 Å². The molecule has 0 radical (unpaired) electrons. The van der Waals surface area contributed by atoms with Crippen molar-refractivity contribution in [1.82, 2.24) is 14.8 Å². The summed E-state index contributed by atoms with van der Waals surface area (Å²) < 4.78 is 1.77. The smallest absolute Gasteiger partial charge is 0.352 e. The van der Waals surface area contributed by atoms with Crippen molar-refractivity contribution in [3.05, 3.63) is 30.3 Å². The number of fused-ring (bicyclic) bond motifs is 1. The Labute approximate surface area is 104 Å². The van der Waals surface area contributed by atoms with E-state index in [9.17, 15) is 4.79 Å². The van der Waals surface area contributed by atoms with Gasteiger partial charge >= 0.3 is 5.97 Å². The van der Waals surface area contributed by atoms with Gasteiger partial charge in [0.2, 0.25) is 5.95 Å². The van der Waals surface area contributed by atoms with Crippen LogP contribution in [0.2, 0.25) is 0 Å². The Kier molecular flexibility index (Phi) is 2.62. The summed E-state index contributed by atoms with van der Waals surface area (Å²) in [7, 11) is 0. The summed E-state index contributed by atoms with van der Waals surface area (Å²) in [5.41, 5.74) is 0.190. The lowest BCUT2D eigenvalue weighted by molar-refractivity contribution is -0.132. The molecule has 0 saturated carbocycles. The summed E-state index contributed by atoms with van der Waals surface area (Å²) in [5.74, 6) is -0.0676. The van der Waals surface area contributed by atoms with E-state index in [1.165, 1.54) is 6.33 Å². The lowest BCUT2D eigenvalue weighted by Gasteiger charge is -2.29. The van der Waals surface area contributed by atoms with Crippen molar-refractivity contribution in [3.63, 3.8) is 0 Å². The van der Waals surface area contributed by atoms with Crippen molar-refractivity contribution < 1.29 is 9.90 Å². The normalized spacial score (nSPS) is 26.1. The second-order valence-electron chi connectivity index (χ2n) is 4.57. The van der Waals surface area contributed by atoms with Crippen LogP contribution >= 0.6 is 0 Å². The van der Waals surface area contributed by atoms with Gasteiger partial charge in [-0.2, -0.15) is 10.1 Å². The van der Waals surface area contributed by atoms with E-state index in [1.807, 2.05) is 0 Å². The van der Waals surface area contributed by atoms with Crippen molar-refractivity contribution in [1.29, 1.82) is 0 Å². The second-order valence-corrected chi connectivity index (χ2v) is 4.57. The Balaban J connectivity index is 1.96. The average molecular weight is 246 g/mol. The van der Waals surface area contributed by atoms with Crippen molar-refractivity contribution in [2.75, 3.05) is 5.32 Å². The first-order chi connectivity index (χ1) is 8.75. The van der Waals surface area contributed by atoms with E-state index < -0.39 is 5.97 Å². The average Bonchev–Trinajstić information content (AvgIpc) is 2.86. The lowest BCUT2D eigenvalue weighted by atomic mass is 9.87. The van der Waals surface area contributed by atoms with Crippen LogP contribution in [0.4, 0.5) is 5.95 Å². The van der Waals surface area contributed by atoms with Gasteiger partial charge in [-0.25, -0.2) is 9.48 Å². The molecule has 18 heavy (non-hydrogen) atoms. The molecule has 1 aromatic rings. The standard InChI is InChI=1S/C12H14N4O2/c17-11(18)9-6-10(8-4-2-1-3-5-8)16-12(15-9)13-7-14-16/h1-2,6-8,10H,3-5H2,(H,17,18)(H,13,14,15)/t8-,10+/m0/s1. The van der Waals surface area contributed by atoms with E-state index in [-0.39, 0.29) is 11.7 Å². The highest BCUT2D eigenvalue weighted by Gasteiger charge is 2.30. The minimum atomic E-state index is -0.958. The van der Waals surface area contributed by atoms with E-state index in [0.717, 1.165) is 19.3 Å². The largest absolute Gasteiger partial charge is 0.477 e. The number of aliphatic carboxylic acids is 1. The van der Waals surface area contributed by atoms with Crippen LogP contribution < -0.4 is 5.32 Å². The van der Waals surface area contributed by atoms with E-state index in [4.69, 9.17) is 5.11 Å². The fourth-order valence-corrected chi connectivity index (χ4v) is 2.55. The Morgan fingerprint density at radius 2 is 2.39 bits per heavy atom. The molecule has 6 nitrogen and oxygen atoms in total. The molecule has 0 bridgehead atoms. The number of aromatic nitrogens is 3. The molecule has 3 rings (SSSR count). The molecule has 0 aromatic carbocycles. The van der Waals surface area contributed by atoms with E-state index in [2.05, 4.69) is 27.6 Å². The molecule has 94 valence electrons. The number of nitrogens with zero attached hydrogens (tertiary/aromatic N) is 3. The van der Waals surface area contributed by atoms with Crippen molar-refractivity contribution >= 4 is 11.9 Å². The van der Waals surface area contributed by atoms with Gasteiger partial charge in [0.25, 0.3) is 0 Å². The fraction of sp³-hybridized carbons (Fsp3) is 0.417. The first-order valence-corrected chi connectivity index (χ1v) is 6.02. The highest BCUT2D eigenvalue weighted by atomic mass is 16.4. The zero-order valence-corrected chi connectivity index (χ0v) is 9.78. The summed E-state index contributed by atoms with van der Waals surface area (Å²) in [6.45, 7) is 0. The van der Waals surface area contributed by atoms with Gasteiger partial charge < -0.3 is 10.4 Å². The molecule has 2 atom stereocenters. The Hall–Kier alpha value is -2.11. The topological polar surface area (TPSA) is 80.0 Å². The maximum atomic E-state index is 11.1. The highest BCUT2D eigenvalue weighted by Crippen LogP contribution is 2.34. The van der Waals surface area contributed by atoms with E-state index in [0.29, 0.717) is 11.9 Å². The van der Waals surface area contributed by atoms with Crippen molar-refractivity contribution in [2.45, 2.75) is 25.3 Å². The maximum Gasteiger partial charge on any atom is 0.352 e. The predicted octanol–water partition coefficient (Wildman–Crippen LogP) is 1.57. The number of carboxylic acid groups (broad SMARTS) is 1. The van der Waals surface area contributed by atoms with Crippen LogP contribution in [0.25, 0.3) is 0 Å². The quantitative estimate of drug-likeness (QED) is 0.774. The van der Waals surface area contributed by atoms with Gasteiger partial charge in [0.15, 0.2) is 0 Å². The van der Waals surface area contributed by atoms with E-state index in [1.54, 1.807) is 10.8 Å². The molecule has 2 N–H and O–H groups in total. The molecule has 2 heterocycles. The number of anilines is 1. The second kappa shape index (κ2) is 4.29. The number of carbonyl (C=O) groups is 1. The lowest BCUT2D eigenvalue weighted by Crippen LogP contribution is -2.28. The molecule has 0 fully saturated rings. The third kappa shape index (κ3) is 1.79. The van der Waals surface area contributed by atoms with Crippen LogP contribution in [0.1, 0.15) is 25.3 Å². The summed E-state index contributed by atoms with van der Waals surface area (Å²) in [5, 5.41) is 16.1. The molecule has 0 spiro atoms. The third-order valence-corrected chi connectivity index (χ3v) is 3.46. The molecule has 1 aliphatic carbocycles. The minimum absolute atomic E-state index is 0.0280. The molecular weight excluding hydrogens is 232 g/mol. The Morgan fingerprint density at radius 3 is 3.11 bits per heavy atom. The highest BCUT2D eigenvalue weighted by molar-refractivity contribution is 5.90. The monoisotopic (exact) mass is 246 g/mol.